The zero-order valence-electron chi connectivity index (χ0n) is 11.4. The highest BCUT2D eigenvalue weighted by molar-refractivity contribution is 5.48. The van der Waals surface area contributed by atoms with Crippen molar-refractivity contribution in [1.29, 1.82) is 0 Å². The van der Waals surface area contributed by atoms with Gasteiger partial charge in [-0.25, -0.2) is 0 Å². The quantitative estimate of drug-likeness (QED) is 0.339. The predicted octanol–water partition coefficient (Wildman–Crippen LogP) is 3.05. The average molecular weight is 264 g/mol. The van der Waals surface area contributed by atoms with Crippen LogP contribution in [0.15, 0.2) is 30.4 Å². The summed E-state index contributed by atoms with van der Waals surface area (Å²) >= 11 is 0. The maximum atomic E-state index is 11.0. The van der Waals surface area contributed by atoms with Crippen LogP contribution in [0.3, 0.4) is 0 Å². The molecule has 5 heteroatoms. The van der Waals surface area contributed by atoms with Gasteiger partial charge in [0.25, 0.3) is 0 Å². The lowest BCUT2D eigenvalue weighted by Gasteiger charge is -2.08. The molecule has 0 aromatic heterocycles. The minimum Gasteiger partial charge on any atom is -0.482 e. The Balaban J connectivity index is 2.82. The summed E-state index contributed by atoms with van der Waals surface area (Å²) < 4.78 is 5.38. The van der Waals surface area contributed by atoms with Gasteiger partial charge < -0.3 is 10.1 Å². The molecular formula is C14H20N2O3. The first kappa shape index (κ1) is 15.2. The molecule has 0 aliphatic rings. The Morgan fingerprint density at radius 3 is 2.84 bits per heavy atom. The molecule has 1 rings (SSSR count). The first-order valence-corrected chi connectivity index (χ1v) is 6.29. The van der Waals surface area contributed by atoms with Crippen molar-refractivity contribution >= 4 is 5.69 Å². The fourth-order valence-electron chi connectivity index (χ4n) is 1.55. The van der Waals surface area contributed by atoms with E-state index in [0.29, 0.717) is 6.54 Å². The van der Waals surface area contributed by atoms with Crippen LogP contribution in [0.5, 0.6) is 5.75 Å². The van der Waals surface area contributed by atoms with Gasteiger partial charge >= 0.3 is 5.69 Å². The predicted molar refractivity (Wildman–Crippen MR) is 75.4 cm³/mol. The number of hydrogen-bond acceptors (Lipinski definition) is 4. The van der Waals surface area contributed by atoms with Gasteiger partial charge in [-0.15, -0.1) is 0 Å². The molecule has 19 heavy (non-hydrogen) atoms. The second kappa shape index (κ2) is 7.53. The third kappa shape index (κ3) is 5.09. The summed E-state index contributed by atoms with van der Waals surface area (Å²) in [5.41, 5.74) is 1.70. The second-order valence-electron chi connectivity index (χ2n) is 4.48. The van der Waals surface area contributed by atoms with Crippen LogP contribution < -0.4 is 10.1 Å². The molecule has 0 unspecified atom stereocenters. The number of benzene rings is 1. The van der Waals surface area contributed by atoms with Crippen LogP contribution in [-0.4, -0.2) is 18.1 Å². The number of ether oxygens (including phenoxy) is 1. The van der Waals surface area contributed by atoms with Crippen molar-refractivity contribution in [2.24, 2.45) is 0 Å². The number of nitro benzene ring substituents is 1. The van der Waals surface area contributed by atoms with Gasteiger partial charge in [-0.1, -0.05) is 19.6 Å². The number of nitrogens with one attached hydrogen (secondary N) is 1. The third-order valence-corrected chi connectivity index (χ3v) is 2.45. The van der Waals surface area contributed by atoms with Crippen LogP contribution in [0.2, 0.25) is 0 Å². The Bertz CT molecular complexity index is 458. The summed E-state index contributed by atoms with van der Waals surface area (Å²) in [6, 6.07) is 5.03. The van der Waals surface area contributed by atoms with Crippen molar-refractivity contribution in [3.8, 4) is 5.75 Å². The monoisotopic (exact) mass is 264 g/mol. The summed E-state index contributed by atoms with van der Waals surface area (Å²) in [7, 11) is 0. The number of nitro groups is 1. The molecule has 0 saturated heterocycles. The van der Waals surface area contributed by atoms with Gasteiger partial charge in [-0.05, 0) is 37.1 Å². The van der Waals surface area contributed by atoms with Crippen molar-refractivity contribution in [1.82, 2.24) is 5.32 Å². The van der Waals surface area contributed by atoms with Crippen molar-refractivity contribution in [3.05, 3.63) is 46.0 Å². The van der Waals surface area contributed by atoms with Crippen LogP contribution >= 0.6 is 0 Å². The molecule has 5 nitrogen and oxygen atoms in total. The lowest BCUT2D eigenvalue weighted by Crippen LogP contribution is -2.14. The van der Waals surface area contributed by atoms with Gasteiger partial charge in [0.15, 0.2) is 5.75 Å². The Hall–Kier alpha value is -1.88. The zero-order chi connectivity index (χ0) is 14.3. The third-order valence-electron chi connectivity index (χ3n) is 2.45. The van der Waals surface area contributed by atoms with E-state index in [2.05, 4.69) is 18.8 Å². The molecule has 0 radical (unpaired) electrons. The molecule has 1 N–H and O–H groups in total. The topological polar surface area (TPSA) is 64.4 Å². The van der Waals surface area contributed by atoms with Crippen molar-refractivity contribution in [2.45, 2.75) is 26.8 Å². The minimum atomic E-state index is -0.420. The van der Waals surface area contributed by atoms with Gasteiger partial charge in [-0.3, -0.25) is 10.1 Å². The van der Waals surface area contributed by atoms with Crippen LogP contribution in [0.1, 0.15) is 25.8 Å². The van der Waals surface area contributed by atoms with E-state index in [1.54, 1.807) is 12.1 Å². The van der Waals surface area contributed by atoms with Crippen LogP contribution in [0.25, 0.3) is 0 Å². The highest BCUT2D eigenvalue weighted by atomic mass is 16.6. The van der Waals surface area contributed by atoms with Gasteiger partial charge in [-0.2, -0.15) is 0 Å². The summed E-state index contributed by atoms with van der Waals surface area (Å²) in [5.74, 6) is 0.284. The fourth-order valence-corrected chi connectivity index (χ4v) is 1.55. The molecule has 0 amide bonds. The molecule has 0 aliphatic heterocycles. The summed E-state index contributed by atoms with van der Waals surface area (Å²) in [4.78, 5) is 10.6. The smallest absolute Gasteiger partial charge is 0.311 e. The molecule has 0 spiro atoms. The van der Waals surface area contributed by atoms with E-state index >= 15 is 0 Å². The Labute approximate surface area is 113 Å². The molecule has 0 bridgehead atoms. The van der Waals surface area contributed by atoms with Crippen molar-refractivity contribution in [2.75, 3.05) is 13.2 Å². The van der Waals surface area contributed by atoms with E-state index < -0.39 is 4.92 Å². The zero-order valence-corrected chi connectivity index (χ0v) is 11.4. The Morgan fingerprint density at radius 1 is 1.53 bits per heavy atom. The fraction of sp³-hybridized carbons (Fsp3) is 0.429. The van der Waals surface area contributed by atoms with Gasteiger partial charge in [0.2, 0.25) is 0 Å². The molecule has 0 atom stereocenters. The normalized spacial score (nSPS) is 10.2. The lowest BCUT2D eigenvalue weighted by atomic mass is 10.2. The van der Waals surface area contributed by atoms with Gasteiger partial charge in [0.1, 0.15) is 6.61 Å². The molecular weight excluding hydrogens is 244 g/mol. The summed E-state index contributed by atoms with van der Waals surface area (Å²) in [6.07, 6.45) is 1.03. The molecule has 0 aliphatic carbocycles. The highest BCUT2D eigenvalue weighted by Gasteiger charge is 2.15. The summed E-state index contributed by atoms with van der Waals surface area (Å²) in [6.45, 7) is 9.39. The maximum absolute atomic E-state index is 11.0. The first-order chi connectivity index (χ1) is 9.04. The van der Waals surface area contributed by atoms with E-state index in [9.17, 15) is 10.1 Å². The standard InChI is InChI=1S/C14H20N2O3/c1-4-7-15-9-12-5-6-14(19-10-11(2)3)13(8-12)16(17)18/h5-6,8,15H,2,4,7,9-10H2,1,3H3. The highest BCUT2D eigenvalue weighted by Crippen LogP contribution is 2.28. The molecule has 0 fully saturated rings. The molecule has 1 aromatic rings. The van der Waals surface area contributed by atoms with E-state index in [0.717, 1.165) is 24.1 Å². The van der Waals surface area contributed by atoms with E-state index in [-0.39, 0.29) is 18.0 Å². The van der Waals surface area contributed by atoms with E-state index in [4.69, 9.17) is 4.74 Å². The van der Waals surface area contributed by atoms with Gasteiger partial charge in [0, 0.05) is 12.6 Å². The largest absolute Gasteiger partial charge is 0.482 e. The Kier molecular flexibility index (Phi) is 6.02. The van der Waals surface area contributed by atoms with Crippen LogP contribution in [0, 0.1) is 10.1 Å². The number of rotatable bonds is 8. The number of nitrogens with zero attached hydrogens (tertiary/aromatic N) is 1. The number of hydrogen-bond donors (Lipinski definition) is 1. The van der Waals surface area contributed by atoms with E-state index in [1.165, 1.54) is 0 Å². The first-order valence-electron chi connectivity index (χ1n) is 6.29. The second-order valence-corrected chi connectivity index (χ2v) is 4.48. The summed E-state index contributed by atoms with van der Waals surface area (Å²) in [5, 5.41) is 14.2. The molecule has 0 heterocycles. The maximum Gasteiger partial charge on any atom is 0.311 e. The van der Waals surface area contributed by atoms with Crippen molar-refractivity contribution in [3.63, 3.8) is 0 Å². The van der Waals surface area contributed by atoms with Crippen molar-refractivity contribution < 1.29 is 9.66 Å². The SMILES string of the molecule is C=C(C)COc1ccc(CNCCC)cc1[N+](=O)[O-]. The van der Waals surface area contributed by atoms with Crippen LogP contribution in [0.4, 0.5) is 5.69 Å². The van der Waals surface area contributed by atoms with Gasteiger partial charge in [0.05, 0.1) is 4.92 Å². The average Bonchev–Trinajstić information content (AvgIpc) is 2.37. The minimum absolute atomic E-state index is 0.00273. The van der Waals surface area contributed by atoms with Crippen LogP contribution in [-0.2, 0) is 6.54 Å². The Morgan fingerprint density at radius 2 is 2.26 bits per heavy atom. The molecule has 0 saturated carbocycles. The molecule has 1 aromatic carbocycles. The van der Waals surface area contributed by atoms with E-state index in [1.807, 2.05) is 13.0 Å². The lowest BCUT2D eigenvalue weighted by molar-refractivity contribution is -0.385. The molecule has 104 valence electrons.